The lowest BCUT2D eigenvalue weighted by Gasteiger charge is -2.19. The monoisotopic (exact) mass is 535 g/mol. The Morgan fingerprint density at radius 2 is 1.35 bits per heavy atom. The van der Waals surface area contributed by atoms with E-state index in [4.69, 9.17) is 30.2 Å². The minimum atomic E-state index is -0.644. The Hall–Kier alpha value is -5.24. The number of aryl methyl sites for hydroxylation is 1. The van der Waals surface area contributed by atoms with Gasteiger partial charge in [0.1, 0.15) is 42.0 Å². The van der Waals surface area contributed by atoms with Crippen molar-refractivity contribution < 1.29 is 23.5 Å². The molecule has 4 N–H and O–H groups in total. The first-order valence-electron chi connectivity index (χ1n) is 12.8. The molecule has 8 nitrogen and oxygen atoms in total. The van der Waals surface area contributed by atoms with Gasteiger partial charge in [0.15, 0.2) is 5.69 Å². The minimum Gasteiger partial charge on any atom is -0.489 e. The van der Waals surface area contributed by atoms with E-state index in [1.165, 1.54) is 0 Å². The zero-order valence-electron chi connectivity index (χ0n) is 21.8. The summed E-state index contributed by atoms with van der Waals surface area (Å²) in [6, 6.07) is 32.2. The molecule has 5 aromatic rings. The van der Waals surface area contributed by atoms with Gasteiger partial charge in [0.2, 0.25) is 0 Å². The average Bonchev–Trinajstić information content (AvgIpc) is 3.46. The highest BCUT2D eigenvalue weighted by molar-refractivity contribution is 5.90. The van der Waals surface area contributed by atoms with Crippen LogP contribution in [0, 0.1) is 0 Å². The predicted molar refractivity (Wildman–Crippen MR) is 151 cm³/mol. The second kappa shape index (κ2) is 12.5. The van der Waals surface area contributed by atoms with Crippen LogP contribution in [0.25, 0.3) is 0 Å². The van der Waals surface area contributed by atoms with Gasteiger partial charge in [-0.2, -0.15) is 0 Å². The molecule has 0 unspecified atom stereocenters. The molecule has 0 spiro atoms. The SMILES string of the molecule is NC(=O)c1cc(CCc2c(OCc3ccccc3)cc(OCc3ccccc3)cc2Oc2ccc(N)cc2)on1. The van der Waals surface area contributed by atoms with Crippen LogP contribution >= 0.6 is 0 Å². The van der Waals surface area contributed by atoms with Crippen LogP contribution in [-0.4, -0.2) is 11.1 Å². The fraction of sp³-hybridized carbons (Fsp3) is 0.125. The van der Waals surface area contributed by atoms with E-state index in [-0.39, 0.29) is 5.69 Å². The van der Waals surface area contributed by atoms with Gasteiger partial charge in [-0.1, -0.05) is 65.8 Å². The van der Waals surface area contributed by atoms with Crippen molar-refractivity contribution in [1.29, 1.82) is 0 Å². The molecule has 8 heteroatoms. The van der Waals surface area contributed by atoms with Gasteiger partial charge in [0.25, 0.3) is 5.91 Å². The van der Waals surface area contributed by atoms with E-state index in [1.54, 1.807) is 30.3 Å². The Morgan fingerprint density at radius 1 is 0.725 bits per heavy atom. The average molecular weight is 536 g/mol. The van der Waals surface area contributed by atoms with Crippen LogP contribution in [0.2, 0.25) is 0 Å². The maximum atomic E-state index is 11.5. The first kappa shape index (κ1) is 26.4. The number of carbonyl (C=O) groups excluding carboxylic acids is 1. The highest BCUT2D eigenvalue weighted by atomic mass is 16.5. The molecule has 0 aliphatic heterocycles. The van der Waals surface area contributed by atoms with Crippen molar-refractivity contribution in [1.82, 2.24) is 5.16 Å². The summed E-state index contributed by atoms with van der Waals surface area (Å²) in [4.78, 5) is 11.5. The van der Waals surface area contributed by atoms with Crippen LogP contribution < -0.4 is 25.7 Å². The third-order valence-electron chi connectivity index (χ3n) is 6.17. The van der Waals surface area contributed by atoms with Crippen LogP contribution in [-0.2, 0) is 26.1 Å². The van der Waals surface area contributed by atoms with E-state index in [2.05, 4.69) is 5.16 Å². The topological polar surface area (TPSA) is 123 Å². The standard InChI is InChI=1S/C32H29N3O5/c33-24-11-13-25(14-12-24)39-31-19-27(37-20-22-7-3-1-4-8-22)18-30(38-21-23-9-5-2-6-10-23)28(31)16-15-26-17-29(32(34)36)35-40-26/h1-14,17-19H,15-16,20-21,33H2,(H2,34,36). The lowest BCUT2D eigenvalue weighted by molar-refractivity contribution is 0.0991. The Balaban J connectivity index is 1.49. The summed E-state index contributed by atoms with van der Waals surface area (Å²) in [7, 11) is 0. The van der Waals surface area contributed by atoms with E-state index in [0.717, 1.165) is 16.7 Å². The zero-order valence-corrected chi connectivity index (χ0v) is 21.8. The van der Waals surface area contributed by atoms with Crippen LogP contribution in [0.15, 0.2) is 108 Å². The largest absolute Gasteiger partial charge is 0.489 e. The fourth-order valence-electron chi connectivity index (χ4n) is 4.08. The number of nitrogens with zero attached hydrogens (tertiary/aromatic N) is 1. The number of aromatic nitrogens is 1. The molecular formula is C32H29N3O5. The van der Waals surface area contributed by atoms with Crippen molar-refractivity contribution in [2.45, 2.75) is 26.1 Å². The molecule has 0 bridgehead atoms. The van der Waals surface area contributed by atoms with Crippen molar-refractivity contribution in [3.63, 3.8) is 0 Å². The number of ether oxygens (including phenoxy) is 3. The summed E-state index contributed by atoms with van der Waals surface area (Å²) >= 11 is 0. The van der Waals surface area contributed by atoms with Gasteiger partial charge in [-0.05, 0) is 41.8 Å². The van der Waals surface area contributed by atoms with Gasteiger partial charge >= 0.3 is 0 Å². The Morgan fingerprint density at radius 3 is 1.98 bits per heavy atom. The smallest absolute Gasteiger partial charge is 0.270 e. The maximum Gasteiger partial charge on any atom is 0.270 e. The number of hydrogen-bond donors (Lipinski definition) is 2. The summed E-state index contributed by atoms with van der Waals surface area (Å²) in [5.41, 5.74) is 14.8. The van der Waals surface area contributed by atoms with Crippen molar-refractivity contribution in [3.05, 3.63) is 131 Å². The summed E-state index contributed by atoms with van der Waals surface area (Å²) in [6.07, 6.45) is 0.908. The molecular weight excluding hydrogens is 506 g/mol. The molecule has 0 aliphatic carbocycles. The van der Waals surface area contributed by atoms with Crippen molar-refractivity contribution in [2.75, 3.05) is 5.73 Å². The van der Waals surface area contributed by atoms with Gasteiger partial charge in [-0.15, -0.1) is 0 Å². The number of nitrogens with two attached hydrogens (primary N) is 2. The Labute approximate surface area is 232 Å². The molecule has 1 heterocycles. The highest BCUT2D eigenvalue weighted by Gasteiger charge is 2.18. The number of rotatable bonds is 12. The number of hydrogen-bond acceptors (Lipinski definition) is 7. The minimum absolute atomic E-state index is 0.0820. The molecule has 0 atom stereocenters. The molecule has 0 radical (unpaired) electrons. The van der Waals surface area contributed by atoms with E-state index in [0.29, 0.717) is 60.5 Å². The number of carbonyl (C=O) groups is 1. The van der Waals surface area contributed by atoms with Gasteiger partial charge in [0, 0.05) is 35.9 Å². The summed E-state index contributed by atoms with van der Waals surface area (Å²) < 4.78 is 24.2. The van der Waals surface area contributed by atoms with E-state index < -0.39 is 5.91 Å². The van der Waals surface area contributed by atoms with Crippen LogP contribution in [0.4, 0.5) is 5.69 Å². The second-order valence-corrected chi connectivity index (χ2v) is 9.16. The van der Waals surface area contributed by atoms with Crippen LogP contribution in [0.1, 0.15) is 32.9 Å². The Kier molecular flexibility index (Phi) is 8.26. The molecule has 0 saturated carbocycles. The highest BCUT2D eigenvalue weighted by Crippen LogP contribution is 2.38. The molecule has 5 rings (SSSR count). The second-order valence-electron chi connectivity index (χ2n) is 9.16. The third kappa shape index (κ3) is 6.99. The summed E-state index contributed by atoms with van der Waals surface area (Å²) in [6.45, 7) is 0.735. The molecule has 0 aliphatic rings. The van der Waals surface area contributed by atoms with Gasteiger partial charge in [0.05, 0.1) is 0 Å². The molecule has 1 amide bonds. The molecule has 0 saturated heterocycles. The van der Waals surface area contributed by atoms with Crippen LogP contribution in [0.5, 0.6) is 23.0 Å². The fourth-order valence-corrected chi connectivity index (χ4v) is 4.08. The normalized spacial score (nSPS) is 10.7. The lowest BCUT2D eigenvalue weighted by atomic mass is 10.0. The number of anilines is 1. The molecule has 40 heavy (non-hydrogen) atoms. The molecule has 202 valence electrons. The third-order valence-corrected chi connectivity index (χ3v) is 6.17. The lowest BCUT2D eigenvalue weighted by Crippen LogP contribution is -2.10. The first-order chi connectivity index (χ1) is 19.5. The van der Waals surface area contributed by atoms with E-state index in [1.807, 2.05) is 72.8 Å². The quantitative estimate of drug-likeness (QED) is 0.185. The summed E-state index contributed by atoms with van der Waals surface area (Å²) in [5, 5.41) is 3.75. The number of primary amides is 1. The first-order valence-corrected chi connectivity index (χ1v) is 12.8. The number of nitrogen functional groups attached to an aromatic ring is 1. The molecule has 0 fully saturated rings. The Bertz CT molecular complexity index is 1550. The molecule has 4 aromatic carbocycles. The van der Waals surface area contributed by atoms with Gasteiger partial charge in [-0.25, -0.2) is 0 Å². The van der Waals surface area contributed by atoms with E-state index in [9.17, 15) is 4.79 Å². The van der Waals surface area contributed by atoms with Crippen molar-refractivity contribution >= 4 is 11.6 Å². The molecule has 1 aromatic heterocycles. The number of amides is 1. The van der Waals surface area contributed by atoms with E-state index >= 15 is 0 Å². The van der Waals surface area contributed by atoms with Gasteiger partial charge < -0.3 is 30.2 Å². The zero-order chi connectivity index (χ0) is 27.7. The number of benzene rings is 4. The van der Waals surface area contributed by atoms with Crippen molar-refractivity contribution in [2.24, 2.45) is 5.73 Å². The van der Waals surface area contributed by atoms with Gasteiger partial charge in [-0.3, -0.25) is 4.79 Å². The van der Waals surface area contributed by atoms with Crippen LogP contribution in [0.3, 0.4) is 0 Å². The maximum absolute atomic E-state index is 11.5. The predicted octanol–water partition coefficient (Wildman–Crippen LogP) is 6.09. The van der Waals surface area contributed by atoms with Crippen molar-refractivity contribution in [3.8, 4) is 23.0 Å². The summed E-state index contributed by atoms with van der Waals surface area (Å²) in [5.74, 6) is 2.25.